The molecule has 0 saturated heterocycles. The van der Waals surface area contributed by atoms with Crippen LogP contribution in [0.5, 0.6) is 0 Å². The van der Waals surface area contributed by atoms with Crippen LogP contribution in [0.3, 0.4) is 0 Å². The van der Waals surface area contributed by atoms with Gasteiger partial charge in [-0.15, -0.1) is 0 Å². The minimum absolute atomic E-state index is 0.000116. The number of carbonyl (C=O) groups excluding carboxylic acids is 1. The molecule has 0 heterocycles. The molecule has 0 bridgehead atoms. The fourth-order valence-electron chi connectivity index (χ4n) is 3.03. The van der Waals surface area contributed by atoms with Gasteiger partial charge in [-0.05, 0) is 67.9 Å². The van der Waals surface area contributed by atoms with E-state index in [0.29, 0.717) is 24.3 Å². The second-order valence-corrected chi connectivity index (χ2v) is 11.2. The molecule has 34 heavy (non-hydrogen) atoms. The average molecular weight is 502 g/mol. The highest BCUT2D eigenvalue weighted by Crippen LogP contribution is 2.20. The molecule has 180 valence electrons. The molecule has 0 aromatic heterocycles. The minimum Gasteiger partial charge on any atom is -0.322 e. The fraction of sp³-hybridized carbons (Fsp3) is 0.208. The molecule has 0 unspecified atom stereocenters. The van der Waals surface area contributed by atoms with E-state index in [2.05, 4.69) is 14.8 Å². The Bertz CT molecular complexity index is 1350. The summed E-state index contributed by atoms with van der Waals surface area (Å²) in [6.45, 7) is 4.19. The molecule has 0 atom stereocenters. The van der Waals surface area contributed by atoms with Gasteiger partial charge in [-0.1, -0.05) is 37.1 Å². The number of hydrogen-bond acceptors (Lipinski definition) is 5. The lowest BCUT2D eigenvalue weighted by atomic mass is 10.2. The number of sulfonamides is 2. The minimum atomic E-state index is -3.79. The van der Waals surface area contributed by atoms with Crippen molar-refractivity contribution in [3.05, 3.63) is 83.9 Å². The van der Waals surface area contributed by atoms with Crippen molar-refractivity contribution in [1.29, 1.82) is 0 Å². The zero-order valence-electron chi connectivity index (χ0n) is 18.9. The maximum Gasteiger partial charge on any atom is 0.261 e. The van der Waals surface area contributed by atoms with Crippen LogP contribution in [0.15, 0.2) is 82.6 Å². The summed E-state index contributed by atoms with van der Waals surface area (Å²) in [7, 11) is -7.51. The smallest absolute Gasteiger partial charge is 0.261 e. The molecule has 8 nitrogen and oxygen atoms in total. The number of unbranched alkanes of at least 4 members (excludes halogenated alkanes) is 1. The summed E-state index contributed by atoms with van der Waals surface area (Å²) < 4.78 is 55.1. The van der Waals surface area contributed by atoms with Crippen molar-refractivity contribution in [2.45, 2.75) is 36.5 Å². The first-order chi connectivity index (χ1) is 16.1. The van der Waals surface area contributed by atoms with Gasteiger partial charge in [0, 0.05) is 23.5 Å². The highest BCUT2D eigenvalue weighted by Gasteiger charge is 2.17. The molecular weight excluding hydrogens is 474 g/mol. The van der Waals surface area contributed by atoms with Gasteiger partial charge in [-0.3, -0.25) is 9.52 Å². The predicted molar refractivity (Wildman–Crippen MR) is 133 cm³/mol. The summed E-state index contributed by atoms with van der Waals surface area (Å²) in [6.07, 6.45) is 1.57. The summed E-state index contributed by atoms with van der Waals surface area (Å²) in [4.78, 5) is 12.7. The molecule has 0 aliphatic heterocycles. The predicted octanol–water partition coefficient (Wildman–Crippen LogP) is 4.13. The lowest BCUT2D eigenvalue weighted by Crippen LogP contribution is -2.25. The molecule has 0 saturated carbocycles. The van der Waals surface area contributed by atoms with Crippen molar-refractivity contribution in [2.75, 3.05) is 16.6 Å². The van der Waals surface area contributed by atoms with Gasteiger partial charge in [0.05, 0.1) is 9.79 Å². The number of amides is 1. The Balaban J connectivity index is 1.69. The Kier molecular flexibility index (Phi) is 8.08. The largest absolute Gasteiger partial charge is 0.322 e. The Morgan fingerprint density at radius 3 is 2.09 bits per heavy atom. The first-order valence-corrected chi connectivity index (χ1v) is 13.7. The van der Waals surface area contributed by atoms with Gasteiger partial charge in [0.15, 0.2) is 0 Å². The van der Waals surface area contributed by atoms with Crippen molar-refractivity contribution in [3.63, 3.8) is 0 Å². The zero-order chi connectivity index (χ0) is 24.8. The van der Waals surface area contributed by atoms with Gasteiger partial charge < -0.3 is 5.32 Å². The van der Waals surface area contributed by atoms with Crippen LogP contribution in [0, 0.1) is 6.92 Å². The molecule has 0 spiro atoms. The maximum atomic E-state index is 12.6. The molecule has 10 heteroatoms. The quantitative estimate of drug-likeness (QED) is 0.361. The summed E-state index contributed by atoms with van der Waals surface area (Å²) in [6, 6.07) is 18.4. The lowest BCUT2D eigenvalue weighted by molar-refractivity contribution is 0.102. The van der Waals surface area contributed by atoms with E-state index in [0.717, 1.165) is 12.0 Å². The SMILES string of the molecule is CCCCNS(=O)(=O)c1cccc(C(=O)Nc2ccc(S(=O)(=O)Nc3ccc(C)cc3)cc2)c1. The third kappa shape index (κ3) is 6.66. The third-order valence-electron chi connectivity index (χ3n) is 4.96. The van der Waals surface area contributed by atoms with Gasteiger partial charge in [0.25, 0.3) is 15.9 Å². The number of hydrogen-bond donors (Lipinski definition) is 3. The molecule has 3 rings (SSSR count). The normalized spacial score (nSPS) is 11.7. The summed E-state index contributed by atoms with van der Waals surface area (Å²) in [5, 5.41) is 2.65. The molecule has 3 N–H and O–H groups in total. The molecule has 3 aromatic carbocycles. The van der Waals surface area contributed by atoms with Crippen LogP contribution in [-0.2, 0) is 20.0 Å². The number of nitrogens with one attached hydrogen (secondary N) is 3. The van der Waals surface area contributed by atoms with Crippen LogP contribution in [0.2, 0.25) is 0 Å². The Labute approximate surface area is 200 Å². The van der Waals surface area contributed by atoms with Crippen molar-refractivity contribution in [3.8, 4) is 0 Å². The van der Waals surface area contributed by atoms with Crippen molar-refractivity contribution >= 4 is 37.3 Å². The second-order valence-electron chi connectivity index (χ2n) is 7.73. The van der Waals surface area contributed by atoms with Gasteiger partial charge in [-0.25, -0.2) is 21.6 Å². The van der Waals surface area contributed by atoms with Crippen LogP contribution < -0.4 is 14.8 Å². The molecular formula is C24H27N3O5S2. The zero-order valence-corrected chi connectivity index (χ0v) is 20.5. The number of benzene rings is 3. The first kappa shape index (κ1) is 25.4. The summed E-state index contributed by atoms with van der Waals surface area (Å²) >= 11 is 0. The van der Waals surface area contributed by atoms with Crippen LogP contribution in [-0.4, -0.2) is 29.3 Å². The van der Waals surface area contributed by atoms with E-state index in [4.69, 9.17) is 0 Å². The van der Waals surface area contributed by atoms with Crippen LogP contribution in [0.4, 0.5) is 11.4 Å². The molecule has 1 amide bonds. The standard InChI is InChI=1S/C24H27N3O5S2/c1-3-4-16-25-33(29,30)23-7-5-6-19(17-23)24(28)26-20-12-14-22(15-13-20)34(31,32)27-21-10-8-18(2)9-11-21/h5-15,17,25,27H,3-4,16H2,1-2H3,(H,26,28). The van der Waals surface area contributed by atoms with Crippen LogP contribution in [0.25, 0.3) is 0 Å². The van der Waals surface area contributed by atoms with Crippen molar-refractivity contribution in [2.24, 2.45) is 0 Å². The van der Waals surface area contributed by atoms with Crippen molar-refractivity contribution in [1.82, 2.24) is 4.72 Å². The second kappa shape index (κ2) is 10.8. The molecule has 0 aliphatic carbocycles. The fourth-order valence-corrected chi connectivity index (χ4v) is 5.21. The first-order valence-electron chi connectivity index (χ1n) is 10.7. The van der Waals surface area contributed by atoms with Gasteiger partial charge in [-0.2, -0.15) is 0 Å². The van der Waals surface area contributed by atoms with Crippen LogP contribution >= 0.6 is 0 Å². The number of anilines is 2. The third-order valence-corrected chi connectivity index (χ3v) is 7.81. The van der Waals surface area contributed by atoms with Crippen molar-refractivity contribution < 1.29 is 21.6 Å². The molecule has 3 aromatic rings. The highest BCUT2D eigenvalue weighted by molar-refractivity contribution is 7.92. The van der Waals surface area contributed by atoms with E-state index in [1.807, 2.05) is 13.8 Å². The number of aryl methyl sites for hydroxylation is 1. The van der Waals surface area contributed by atoms with E-state index < -0.39 is 26.0 Å². The topological polar surface area (TPSA) is 121 Å². The lowest BCUT2D eigenvalue weighted by Gasteiger charge is -2.11. The van der Waals surface area contributed by atoms with E-state index >= 15 is 0 Å². The summed E-state index contributed by atoms with van der Waals surface area (Å²) in [5.74, 6) is -0.515. The van der Waals surface area contributed by atoms with Gasteiger partial charge >= 0.3 is 0 Å². The monoisotopic (exact) mass is 501 g/mol. The van der Waals surface area contributed by atoms with Gasteiger partial charge in [0.1, 0.15) is 0 Å². The highest BCUT2D eigenvalue weighted by atomic mass is 32.2. The Hall–Kier alpha value is -3.21. The maximum absolute atomic E-state index is 12.6. The summed E-state index contributed by atoms with van der Waals surface area (Å²) in [5.41, 5.74) is 1.99. The van der Waals surface area contributed by atoms with E-state index in [1.54, 1.807) is 24.3 Å². The number of rotatable bonds is 10. The number of carbonyl (C=O) groups is 1. The molecule has 0 fully saturated rings. The van der Waals surface area contributed by atoms with E-state index in [-0.39, 0.29) is 15.4 Å². The van der Waals surface area contributed by atoms with E-state index in [1.165, 1.54) is 48.5 Å². The Morgan fingerprint density at radius 1 is 0.794 bits per heavy atom. The molecule has 0 radical (unpaired) electrons. The van der Waals surface area contributed by atoms with E-state index in [9.17, 15) is 21.6 Å². The molecule has 0 aliphatic rings. The average Bonchev–Trinajstić information content (AvgIpc) is 2.81. The van der Waals surface area contributed by atoms with Gasteiger partial charge in [0.2, 0.25) is 10.0 Å². The Morgan fingerprint density at radius 2 is 1.44 bits per heavy atom. The van der Waals surface area contributed by atoms with Crippen LogP contribution in [0.1, 0.15) is 35.7 Å².